The number of hydrogen-bond acceptors (Lipinski definition) is 5. The first-order chi connectivity index (χ1) is 7.57. The van der Waals surface area contributed by atoms with E-state index in [0.717, 1.165) is 31.0 Å². The molecule has 0 bridgehead atoms. The highest BCUT2D eigenvalue weighted by molar-refractivity contribution is 5.75. The van der Waals surface area contributed by atoms with Crippen molar-refractivity contribution in [2.24, 2.45) is 0 Å². The van der Waals surface area contributed by atoms with E-state index < -0.39 is 0 Å². The van der Waals surface area contributed by atoms with E-state index in [1.54, 1.807) is 6.33 Å². The average Bonchev–Trinajstić information content (AvgIpc) is 2.25. The molecule has 0 atom stereocenters. The van der Waals surface area contributed by atoms with Crippen LogP contribution in [0.2, 0.25) is 0 Å². The Morgan fingerprint density at radius 2 is 1.81 bits per heavy atom. The molecule has 1 rings (SSSR count). The van der Waals surface area contributed by atoms with Crippen LogP contribution in [0.25, 0.3) is 0 Å². The first kappa shape index (κ1) is 12.5. The average molecular weight is 223 g/mol. The van der Waals surface area contributed by atoms with Crippen molar-refractivity contribution in [3.05, 3.63) is 6.33 Å². The van der Waals surface area contributed by atoms with E-state index >= 15 is 0 Å². The van der Waals surface area contributed by atoms with Gasteiger partial charge in [0.2, 0.25) is 0 Å². The minimum atomic E-state index is 0.645. The number of rotatable bonds is 5. The van der Waals surface area contributed by atoms with Crippen LogP contribution in [0.15, 0.2) is 6.33 Å². The highest BCUT2D eigenvalue weighted by atomic mass is 15.2. The fourth-order valence-corrected chi connectivity index (χ4v) is 1.54. The molecular formula is C11H21N5. The number of aromatic nitrogens is 2. The lowest BCUT2D eigenvalue weighted by Gasteiger charge is -2.22. The summed E-state index contributed by atoms with van der Waals surface area (Å²) < 4.78 is 0. The van der Waals surface area contributed by atoms with Gasteiger partial charge >= 0.3 is 0 Å². The quantitative estimate of drug-likeness (QED) is 0.816. The number of anilines is 3. The van der Waals surface area contributed by atoms with Crippen molar-refractivity contribution >= 4 is 17.3 Å². The van der Waals surface area contributed by atoms with Gasteiger partial charge in [0.1, 0.15) is 12.0 Å². The van der Waals surface area contributed by atoms with Crippen molar-refractivity contribution in [3.8, 4) is 0 Å². The van der Waals surface area contributed by atoms with Crippen molar-refractivity contribution < 1.29 is 0 Å². The van der Waals surface area contributed by atoms with Gasteiger partial charge in [-0.2, -0.15) is 0 Å². The Kier molecular flexibility index (Phi) is 4.34. The van der Waals surface area contributed by atoms with Crippen LogP contribution in [0.1, 0.15) is 19.8 Å². The largest absolute Gasteiger partial charge is 0.393 e. The van der Waals surface area contributed by atoms with Crippen molar-refractivity contribution in [3.63, 3.8) is 0 Å². The second-order valence-electron chi connectivity index (χ2n) is 4.10. The number of nitrogens with zero attached hydrogens (tertiary/aromatic N) is 4. The lowest BCUT2D eigenvalue weighted by Crippen LogP contribution is -2.23. The van der Waals surface area contributed by atoms with Gasteiger partial charge < -0.3 is 15.5 Å². The summed E-state index contributed by atoms with van der Waals surface area (Å²) in [6.07, 6.45) is 3.86. The number of nitrogen functional groups attached to an aromatic ring is 1. The molecular weight excluding hydrogens is 202 g/mol. The number of nitrogens with two attached hydrogens (primary N) is 1. The fraction of sp³-hybridized carbons (Fsp3) is 0.636. The second-order valence-corrected chi connectivity index (χ2v) is 4.10. The molecule has 0 aromatic carbocycles. The van der Waals surface area contributed by atoms with Gasteiger partial charge in [0.15, 0.2) is 11.6 Å². The van der Waals surface area contributed by atoms with Crippen molar-refractivity contribution in [1.82, 2.24) is 9.97 Å². The molecule has 0 spiro atoms. The van der Waals surface area contributed by atoms with Gasteiger partial charge in [0, 0.05) is 27.7 Å². The smallest absolute Gasteiger partial charge is 0.157 e. The third kappa shape index (κ3) is 2.74. The van der Waals surface area contributed by atoms with Crippen molar-refractivity contribution in [2.45, 2.75) is 19.8 Å². The summed E-state index contributed by atoms with van der Waals surface area (Å²) in [6.45, 7) is 3.13. The van der Waals surface area contributed by atoms with E-state index in [0.29, 0.717) is 5.69 Å². The predicted octanol–water partition coefficient (Wildman–Crippen LogP) is 1.36. The Morgan fingerprint density at radius 1 is 1.19 bits per heavy atom. The Bertz CT molecular complexity index is 337. The molecule has 0 saturated carbocycles. The molecule has 5 nitrogen and oxygen atoms in total. The molecule has 0 aliphatic heterocycles. The topological polar surface area (TPSA) is 58.3 Å². The van der Waals surface area contributed by atoms with Gasteiger partial charge in [-0.25, -0.2) is 9.97 Å². The third-order valence-electron chi connectivity index (χ3n) is 2.47. The Hall–Kier alpha value is -1.52. The molecule has 5 heteroatoms. The summed E-state index contributed by atoms with van der Waals surface area (Å²) in [7, 11) is 5.86. The number of hydrogen-bond donors (Lipinski definition) is 1. The number of unbranched alkanes of at least 4 members (excludes halogenated alkanes) is 1. The van der Waals surface area contributed by atoms with Gasteiger partial charge in [0.05, 0.1) is 0 Å². The van der Waals surface area contributed by atoms with Crippen LogP contribution < -0.4 is 15.5 Å². The zero-order chi connectivity index (χ0) is 12.1. The summed E-state index contributed by atoms with van der Waals surface area (Å²) in [5.41, 5.74) is 6.69. The van der Waals surface area contributed by atoms with Crippen LogP contribution in [0.4, 0.5) is 17.3 Å². The van der Waals surface area contributed by atoms with E-state index in [1.165, 1.54) is 0 Å². The van der Waals surface area contributed by atoms with Gasteiger partial charge in [-0.15, -0.1) is 0 Å². The van der Waals surface area contributed by atoms with E-state index in [2.05, 4.69) is 21.8 Å². The summed E-state index contributed by atoms with van der Waals surface area (Å²) in [5.74, 6) is 1.58. The lowest BCUT2D eigenvalue weighted by molar-refractivity contribution is 0.759. The Balaban J connectivity index is 2.91. The van der Waals surface area contributed by atoms with Gasteiger partial charge in [0.25, 0.3) is 0 Å². The van der Waals surface area contributed by atoms with E-state index in [1.807, 2.05) is 26.0 Å². The predicted molar refractivity (Wildman–Crippen MR) is 68.9 cm³/mol. The summed E-state index contributed by atoms with van der Waals surface area (Å²) >= 11 is 0. The Morgan fingerprint density at radius 3 is 2.38 bits per heavy atom. The third-order valence-corrected chi connectivity index (χ3v) is 2.47. The van der Waals surface area contributed by atoms with Gasteiger partial charge in [-0.1, -0.05) is 13.3 Å². The first-order valence-corrected chi connectivity index (χ1v) is 5.56. The molecule has 0 aliphatic rings. The maximum Gasteiger partial charge on any atom is 0.157 e. The maximum absolute atomic E-state index is 6.05. The molecule has 1 aromatic heterocycles. The van der Waals surface area contributed by atoms with Crippen LogP contribution in [0.5, 0.6) is 0 Å². The highest BCUT2D eigenvalue weighted by Crippen LogP contribution is 2.26. The van der Waals surface area contributed by atoms with Crippen molar-refractivity contribution in [1.29, 1.82) is 0 Å². The van der Waals surface area contributed by atoms with Crippen LogP contribution >= 0.6 is 0 Å². The maximum atomic E-state index is 6.05. The zero-order valence-corrected chi connectivity index (χ0v) is 10.6. The van der Waals surface area contributed by atoms with Crippen LogP contribution in [-0.4, -0.2) is 37.7 Å². The van der Waals surface area contributed by atoms with Crippen molar-refractivity contribution in [2.75, 3.05) is 43.2 Å². The normalized spacial score (nSPS) is 10.2. The SMILES string of the molecule is CCCCN(C)c1ncnc(N(C)C)c1N. The van der Waals surface area contributed by atoms with Crippen LogP contribution in [-0.2, 0) is 0 Å². The summed E-state index contributed by atoms with van der Waals surface area (Å²) in [4.78, 5) is 12.4. The van der Waals surface area contributed by atoms with Crippen LogP contribution in [0, 0.1) is 0 Å². The van der Waals surface area contributed by atoms with E-state index in [-0.39, 0.29) is 0 Å². The molecule has 16 heavy (non-hydrogen) atoms. The van der Waals surface area contributed by atoms with Gasteiger partial charge in [-0.05, 0) is 6.42 Å². The second kappa shape index (κ2) is 5.53. The standard InChI is InChI=1S/C11H21N5/c1-5-6-7-16(4)11-9(12)10(15(2)3)13-8-14-11/h8H,5-7,12H2,1-4H3. The molecule has 0 radical (unpaired) electrons. The zero-order valence-electron chi connectivity index (χ0n) is 10.6. The van der Waals surface area contributed by atoms with Crippen LogP contribution in [0.3, 0.4) is 0 Å². The molecule has 0 fully saturated rings. The molecule has 0 saturated heterocycles. The fourth-order valence-electron chi connectivity index (χ4n) is 1.54. The molecule has 0 unspecified atom stereocenters. The monoisotopic (exact) mass is 223 g/mol. The first-order valence-electron chi connectivity index (χ1n) is 5.56. The molecule has 0 aliphatic carbocycles. The van der Waals surface area contributed by atoms with Gasteiger partial charge in [-0.3, -0.25) is 0 Å². The Labute approximate surface area is 97.3 Å². The van der Waals surface area contributed by atoms with E-state index in [4.69, 9.17) is 5.73 Å². The molecule has 1 heterocycles. The molecule has 2 N–H and O–H groups in total. The molecule has 90 valence electrons. The van der Waals surface area contributed by atoms with E-state index in [9.17, 15) is 0 Å². The minimum Gasteiger partial charge on any atom is -0.393 e. The summed E-state index contributed by atoms with van der Waals surface area (Å²) in [6, 6.07) is 0. The lowest BCUT2D eigenvalue weighted by atomic mass is 10.3. The molecule has 1 aromatic rings. The highest BCUT2D eigenvalue weighted by Gasteiger charge is 2.12. The summed E-state index contributed by atoms with van der Waals surface area (Å²) in [5, 5.41) is 0. The molecule has 0 amide bonds. The minimum absolute atomic E-state index is 0.645.